The van der Waals surface area contributed by atoms with Crippen LogP contribution in [0.5, 0.6) is 0 Å². The Kier molecular flexibility index (Phi) is 3.53. The molecule has 0 radical (unpaired) electrons. The van der Waals surface area contributed by atoms with Gasteiger partial charge in [0.25, 0.3) is 0 Å². The number of likely N-dealkylation sites (N-methyl/N-ethyl adjacent to an activating group) is 1. The van der Waals surface area contributed by atoms with Crippen molar-refractivity contribution in [3.8, 4) is 0 Å². The van der Waals surface area contributed by atoms with Crippen LogP contribution in [-0.2, 0) is 11.3 Å². The monoisotopic (exact) mass is 264 g/mol. The van der Waals surface area contributed by atoms with Gasteiger partial charge in [-0.3, -0.25) is 9.48 Å². The molecule has 0 fully saturated rings. The minimum atomic E-state index is -0.0838. The first-order valence-electron chi connectivity index (χ1n) is 5.36. The Bertz CT molecular complexity index is 549. The highest BCUT2D eigenvalue weighted by molar-refractivity contribution is 6.30. The zero-order chi connectivity index (χ0) is 13.1. The molecular formula is C12H13ClN4O. The summed E-state index contributed by atoms with van der Waals surface area (Å²) in [7, 11) is 1.71. The number of hydrogen-bond acceptors (Lipinski definition) is 3. The van der Waals surface area contributed by atoms with E-state index in [9.17, 15) is 4.79 Å². The Morgan fingerprint density at radius 1 is 1.44 bits per heavy atom. The standard InChI is InChI=1S/C12H13ClN4O/c1-16(11-4-2-10(14)3-5-11)12(18)8-17-7-9(13)6-15-17/h2-7H,8,14H2,1H3. The summed E-state index contributed by atoms with van der Waals surface area (Å²) in [5.41, 5.74) is 7.05. The van der Waals surface area contributed by atoms with E-state index >= 15 is 0 Å². The maximum Gasteiger partial charge on any atom is 0.248 e. The number of rotatable bonds is 3. The molecule has 0 aliphatic carbocycles. The van der Waals surface area contributed by atoms with Crippen LogP contribution in [0.2, 0.25) is 5.02 Å². The molecular weight excluding hydrogens is 252 g/mol. The second-order valence-electron chi connectivity index (χ2n) is 3.90. The molecule has 94 valence electrons. The number of carbonyl (C=O) groups is 1. The summed E-state index contributed by atoms with van der Waals surface area (Å²) >= 11 is 5.74. The van der Waals surface area contributed by atoms with Gasteiger partial charge in [-0.25, -0.2) is 0 Å². The maximum atomic E-state index is 12.0. The smallest absolute Gasteiger partial charge is 0.248 e. The Hall–Kier alpha value is -2.01. The van der Waals surface area contributed by atoms with Crippen LogP contribution in [0, 0.1) is 0 Å². The minimum Gasteiger partial charge on any atom is -0.399 e. The summed E-state index contributed by atoms with van der Waals surface area (Å²) in [6, 6.07) is 7.10. The number of halogens is 1. The maximum absolute atomic E-state index is 12.0. The second kappa shape index (κ2) is 5.10. The highest BCUT2D eigenvalue weighted by atomic mass is 35.5. The van der Waals surface area contributed by atoms with Crippen molar-refractivity contribution < 1.29 is 4.79 Å². The van der Waals surface area contributed by atoms with Gasteiger partial charge in [0.05, 0.1) is 11.2 Å². The lowest BCUT2D eigenvalue weighted by Gasteiger charge is -2.17. The van der Waals surface area contributed by atoms with Crippen molar-refractivity contribution in [3.63, 3.8) is 0 Å². The third-order valence-electron chi connectivity index (χ3n) is 2.55. The molecule has 18 heavy (non-hydrogen) atoms. The third-order valence-corrected chi connectivity index (χ3v) is 2.75. The van der Waals surface area contributed by atoms with Crippen LogP contribution in [0.25, 0.3) is 0 Å². The Morgan fingerprint density at radius 3 is 2.67 bits per heavy atom. The molecule has 0 aliphatic rings. The van der Waals surface area contributed by atoms with E-state index in [0.29, 0.717) is 10.7 Å². The number of amides is 1. The predicted octanol–water partition coefficient (Wildman–Crippen LogP) is 1.78. The molecule has 0 atom stereocenters. The predicted molar refractivity (Wildman–Crippen MR) is 71.5 cm³/mol. The van der Waals surface area contributed by atoms with E-state index in [1.165, 1.54) is 10.9 Å². The van der Waals surface area contributed by atoms with Crippen LogP contribution in [-0.4, -0.2) is 22.7 Å². The lowest BCUT2D eigenvalue weighted by molar-refractivity contribution is -0.119. The molecule has 1 heterocycles. The molecule has 0 aliphatic heterocycles. The number of aromatic nitrogens is 2. The molecule has 1 aromatic carbocycles. The van der Waals surface area contributed by atoms with E-state index < -0.39 is 0 Å². The van der Waals surface area contributed by atoms with Gasteiger partial charge in [-0.2, -0.15) is 5.10 Å². The van der Waals surface area contributed by atoms with E-state index in [0.717, 1.165) is 5.69 Å². The molecule has 2 N–H and O–H groups in total. The molecule has 0 bridgehead atoms. The van der Waals surface area contributed by atoms with Crippen molar-refractivity contribution in [2.75, 3.05) is 17.7 Å². The SMILES string of the molecule is CN(C(=O)Cn1cc(Cl)cn1)c1ccc(N)cc1. The van der Waals surface area contributed by atoms with Gasteiger partial charge in [0, 0.05) is 24.6 Å². The van der Waals surface area contributed by atoms with Crippen LogP contribution in [0.4, 0.5) is 11.4 Å². The summed E-state index contributed by atoms with van der Waals surface area (Å²) in [5.74, 6) is -0.0838. The summed E-state index contributed by atoms with van der Waals surface area (Å²) < 4.78 is 1.50. The van der Waals surface area contributed by atoms with Gasteiger partial charge in [0.2, 0.25) is 5.91 Å². The zero-order valence-electron chi connectivity index (χ0n) is 9.88. The fourth-order valence-corrected chi connectivity index (χ4v) is 1.67. The normalized spacial score (nSPS) is 10.3. The summed E-state index contributed by atoms with van der Waals surface area (Å²) in [5, 5.41) is 4.48. The molecule has 6 heteroatoms. The van der Waals surface area contributed by atoms with Crippen molar-refractivity contribution in [2.45, 2.75) is 6.54 Å². The fourth-order valence-electron chi connectivity index (χ4n) is 1.51. The van der Waals surface area contributed by atoms with E-state index in [1.807, 2.05) is 0 Å². The lowest BCUT2D eigenvalue weighted by Crippen LogP contribution is -2.30. The first-order valence-corrected chi connectivity index (χ1v) is 5.74. The largest absolute Gasteiger partial charge is 0.399 e. The molecule has 2 rings (SSSR count). The van der Waals surface area contributed by atoms with Gasteiger partial charge in [-0.15, -0.1) is 0 Å². The van der Waals surface area contributed by atoms with Crippen molar-refractivity contribution in [1.29, 1.82) is 0 Å². The van der Waals surface area contributed by atoms with Crippen molar-refractivity contribution >= 4 is 28.9 Å². The average Bonchev–Trinajstić information content (AvgIpc) is 2.75. The van der Waals surface area contributed by atoms with Gasteiger partial charge < -0.3 is 10.6 Å². The highest BCUT2D eigenvalue weighted by Crippen LogP contribution is 2.15. The molecule has 1 amide bonds. The van der Waals surface area contributed by atoms with Gasteiger partial charge in [-0.05, 0) is 24.3 Å². The Labute approximate surface area is 110 Å². The van der Waals surface area contributed by atoms with Crippen LogP contribution in [0.1, 0.15) is 0 Å². The highest BCUT2D eigenvalue weighted by Gasteiger charge is 2.11. The van der Waals surface area contributed by atoms with Crippen LogP contribution < -0.4 is 10.6 Å². The number of anilines is 2. The van der Waals surface area contributed by atoms with Crippen molar-refractivity contribution in [3.05, 3.63) is 41.7 Å². The molecule has 0 spiro atoms. The molecule has 2 aromatic rings. The summed E-state index contributed by atoms with van der Waals surface area (Å²) in [4.78, 5) is 13.5. The zero-order valence-corrected chi connectivity index (χ0v) is 10.6. The lowest BCUT2D eigenvalue weighted by atomic mass is 10.2. The van der Waals surface area contributed by atoms with Crippen molar-refractivity contribution in [2.24, 2.45) is 0 Å². The molecule has 0 saturated heterocycles. The van der Waals surface area contributed by atoms with Gasteiger partial charge >= 0.3 is 0 Å². The second-order valence-corrected chi connectivity index (χ2v) is 4.34. The topological polar surface area (TPSA) is 64.2 Å². The molecule has 5 nitrogen and oxygen atoms in total. The number of nitrogens with two attached hydrogens (primary N) is 1. The Balaban J connectivity index is 2.07. The molecule has 0 unspecified atom stereocenters. The number of benzene rings is 1. The number of hydrogen-bond donors (Lipinski definition) is 1. The fraction of sp³-hybridized carbons (Fsp3) is 0.167. The summed E-state index contributed by atoms with van der Waals surface area (Å²) in [6.45, 7) is 0.146. The average molecular weight is 265 g/mol. The van der Waals surface area contributed by atoms with Gasteiger partial charge in [0.1, 0.15) is 6.54 Å². The van der Waals surface area contributed by atoms with Crippen LogP contribution in [0.15, 0.2) is 36.7 Å². The van der Waals surface area contributed by atoms with Gasteiger partial charge in [-0.1, -0.05) is 11.6 Å². The summed E-state index contributed by atoms with van der Waals surface area (Å²) in [6.07, 6.45) is 3.11. The third kappa shape index (κ3) is 2.81. The van der Waals surface area contributed by atoms with E-state index in [-0.39, 0.29) is 12.5 Å². The number of nitrogen functional groups attached to an aromatic ring is 1. The molecule has 0 saturated carbocycles. The first-order chi connectivity index (χ1) is 8.56. The van der Waals surface area contributed by atoms with E-state index in [4.69, 9.17) is 17.3 Å². The van der Waals surface area contributed by atoms with E-state index in [1.54, 1.807) is 42.4 Å². The quantitative estimate of drug-likeness (QED) is 0.860. The number of nitrogens with zero attached hydrogens (tertiary/aromatic N) is 3. The first kappa shape index (κ1) is 12.4. The van der Waals surface area contributed by atoms with Crippen LogP contribution >= 0.6 is 11.6 Å². The number of carbonyl (C=O) groups excluding carboxylic acids is 1. The van der Waals surface area contributed by atoms with Crippen molar-refractivity contribution in [1.82, 2.24) is 9.78 Å². The molecule has 1 aromatic heterocycles. The van der Waals surface area contributed by atoms with E-state index in [2.05, 4.69) is 5.10 Å². The minimum absolute atomic E-state index is 0.0838. The Morgan fingerprint density at radius 2 is 2.11 bits per heavy atom. The van der Waals surface area contributed by atoms with Crippen LogP contribution in [0.3, 0.4) is 0 Å². The van der Waals surface area contributed by atoms with Gasteiger partial charge in [0.15, 0.2) is 0 Å².